The van der Waals surface area contributed by atoms with E-state index in [-0.39, 0.29) is 27.8 Å². The third kappa shape index (κ3) is 4.94. The third-order valence-corrected chi connectivity index (χ3v) is 5.22. The number of amides is 1. The van der Waals surface area contributed by atoms with E-state index < -0.39 is 5.82 Å². The van der Waals surface area contributed by atoms with E-state index in [1.54, 1.807) is 25.1 Å². The Morgan fingerprint density at radius 2 is 2.19 bits per heavy atom. The molecule has 1 heterocycles. The molecule has 1 atom stereocenters. The summed E-state index contributed by atoms with van der Waals surface area (Å²) in [7, 11) is 0. The molecule has 0 saturated heterocycles. The van der Waals surface area contributed by atoms with Gasteiger partial charge in [0, 0.05) is 6.54 Å². The van der Waals surface area contributed by atoms with Gasteiger partial charge in [0.1, 0.15) is 5.82 Å². The Morgan fingerprint density at radius 1 is 1.35 bits per heavy atom. The predicted molar refractivity (Wildman–Crippen MR) is 99.2 cm³/mol. The van der Waals surface area contributed by atoms with Gasteiger partial charge in [0.05, 0.1) is 10.8 Å². The van der Waals surface area contributed by atoms with Crippen molar-refractivity contribution in [2.75, 3.05) is 6.54 Å². The Labute approximate surface area is 156 Å². The quantitative estimate of drug-likeness (QED) is 0.575. The largest absolute Gasteiger partial charge is 0.411 e. The molecule has 0 bridgehead atoms. The summed E-state index contributed by atoms with van der Waals surface area (Å²) in [5.74, 6) is -0.380. The van der Waals surface area contributed by atoms with Gasteiger partial charge in [-0.05, 0) is 51.2 Å². The van der Waals surface area contributed by atoms with Crippen molar-refractivity contribution in [1.29, 1.82) is 0 Å². The normalized spacial score (nSPS) is 15.4. The van der Waals surface area contributed by atoms with Crippen LogP contribution in [0.5, 0.6) is 0 Å². The first-order valence-corrected chi connectivity index (χ1v) is 9.72. The highest BCUT2D eigenvalue weighted by molar-refractivity contribution is 8.00. The van der Waals surface area contributed by atoms with Crippen molar-refractivity contribution in [2.45, 2.75) is 49.5 Å². The summed E-state index contributed by atoms with van der Waals surface area (Å²) in [5.41, 5.74) is 1.69. The molecule has 5 nitrogen and oxygen atoms in total. The molecule has 0 aliphatic heterocycles. The topological polar surface area (TPSA) is 68.0 Å². The predicted octanol–water partition coefficient (Wildman–Crippen LogP) is 4.36. The lowest BCUT2D eigenvalue weighted by atomic mass is 9.97. The molecule has 1 aromatic carbocycles. The van der Waals surface area contributed by atoms with Gasteiger partial charge < -0.3 is 9.73 Å². The van der Waals surface area contributed by atoms with Crippen molar-refractivity contribution in [3.05, 3.63) is 41.7 Å². The zero-order valence-corrected chi connectivity index (χ0v) is 15.5. The van der Waals surface area contributed by atoms with Crippen molar-refractivity contribution in [3.63, 3.8) is 0 Å². The van der Waals surface area contributed by atoms with Crippen LogP contribution in [0.1, 0.15) is 39.0 Å². The van der Waals surface area contributed by atoms with Gasteiger partial charge in [0.15, 0.2) is 0 Å². The minimum Gasteiger partial charge on any atom is -0.411 e. The number of thioether (sulfide) groups is 1. The summed E-state index contributed by atoms with van der Waals surface area (Å²) in [6, 6.07) is 6.21. The zero-order valence-electron chi connectivity index (χ0n) is 14.7. The number of nitrogens with zero attached hydrogens (tertiary/aromatic N) is 2. The maximum atomic E-state index is 13.8. The highest BCUT2D eigenvalue weighted by Crippen LogP contribution is 2.27. The highest BCUT2D eigenvalue weighted by Gasteiger charge is 2.19. The molecule has 138 valence electrons. The van der Waals surface area contributed by atoms with Crippen LogP contribution in [-0.2, 0) is 4.79 Å². The molecule has 1 aliphatic carbocycles. The van der Waals surface area contributed by atoms with Crippen LogP contribution in [0.3, 0.4) is 0 Å². The van der Waals surface area contributed by atoms with E-state index in [0.717, 1.165) is 19.3 Å². The molecular formula is C19H22FN3O2S. The van der Waals surface area contributed by atoms with E-state index in [1.807, 2.05) is 0 Å². The van der Waals surface area contributed by atoms with Crippen molar-refractivity contribution in [2.24, 2.45) is 0 Å². The maximum Gasteiger partial charge on any atom is 0.277 e. The number of rotatable bonds is 7. The molecule has 0 saturated carbocycles. The third-order valence-electron chi connectivity index (χ3n) is 4.29. The second-order valence-electron chi connectivity index (χ2n) is 6.26. The van der Waals surface area contributed by atoms with E-state index in [0.29, 0.717) is 6.54 Å². The fraction of sp³-hybridized carbons (Fsp3) is 0.421. The Hall–Kier alpha value is -2.15. The van der Waals surface area contributed by atoms with Gasteiger partial charge in [0.25, 0.3) is 11.1 Å². The number of halogens is 1. The lowest BCUT2D eigenvalue weighted by Gasteiger charge is -2.14. The molecule has 1 aliphatic rings. The summed E-state index contributed by atoms with van der Waals surface area (Å²) < 4.78 is 19.2. The van der Waals surface area contributed by atoms with E-state index in [1.165, 1.54) is 36.2 Å². The van der Waals surface area contributed by atoms with E-state index in [9.17, 15) is 9.18 Å². The van der Waals surface area contributed by atoms with Crippen LogP contribution in [0.25, 0.3) is 11.5 Å². The van der Waals surface area contributed by atoms with Gasteiger partial charge in [-0.1, -0.05) is 35.5 Å². The monoisotopic (exact) mass is 375 g/mol. The van der Waals surface area contributed by atoms with Gasteiger partial charge in [-0.25, -0.2) is 4.39 Å². The molecule has 1 N–H and O–H groups in total. The number of aromatic nitrogens is 2. The summed E-state index contributed by atoms with van der Waals surface area (Å²) in [4.78, 5) is 12.2. The molecule has 0 spiro atoms. The number of hydrogen-bond donors (Lipinski definition) is 1. The van der Waals surface area contributed by atoms with Crippen LogP contribution >= 0.6 is 11.8 Å². The molecule has 0 radical (unpaired) electrons. The van der Waals surface area contributed by atoms with Crippen LogP contribution in [0.15, 0.2) is 45.6 Å². The molecule has 0 fully saturated rings. The molecule has 1 amide bonds. The minimum atomic E-state index is -0.421. The standard InChI is InChI=1S/C19H22FN3O2S/c1-13(17(24)21-12-11-14-7-3-2-4-8-14)26-19-23-22-18(25-19)15-9-5-6-10-16(15)20/h5-7,9-10,13H,2-4,8,11-12H2,1H3,(H,21,24)/t13-/m1/s1. The Morgan fingerprint density at radius 3 is 2.96 bits per heavy atom. The molecular weight excluding hydrogens is 353 g/mol. The van der Waals surface area contributed by atoms with Crippen molar-refractivity contribution in [3.8, 4) is 11.5 Å². The smallest absolute Gasteiger partial charge is 0.277 e. The van der Waals surface area contributed by atoms with Gasteiger partial charge in [-0.2, -0.15) is 0 Å². The van der Waals surface area contributed by atoms with E-state index in [2.05, 4.69) is 21.6 Å². The number of allylic oxidation sites excluding steroid dienone is 1. The summed E-state index contributed by atoms with van der Waals surface area (Å²) in [6.07, 6.45) is 7.99. The van der Waals surface area contributed by atoms with Crippen molar-refractivity contribution in [1.82, 2.24) is 15.5 Å². The molecule has 0 unspecified atom stereocenters. The number of carbonyl (C=O) groups is 1. The van der Waals surface area contributed by atoms with Gasteiger partial charge in [0.2, 0.25) is 5.91 Å². The Kier molecular flexibility index (Phi) is 6.44. The average molecular weight is 375 g/mol. The van der Waals surface area contributed by atoms with Gasteiger partial charge >= 0.3 is 0 Å². The van der Waals surface area contributed by atoms with E-state index in [4.69, 9.17) is 4.42 Å². The lowest BCUT2D eigenvalue weighted by molar-refractivity contribution is -0.120. The second-order valence-corrected chi connectivity index (χ2v) is 7.55. The molecule has 1 aromatic heterocycles. The van der Waals surface area contributed by atoms with Crippen LogP contribution < -0.4 is 5.32 Å². The van der Waals surface area contributed by atoms with Crippen LogP contribution in [-0.4, -0.2) is 27.9 Å². The minimum absolute atomic E-state index is 0.0722. The van der Waals surface area contributed by atoms with Crippen LogP contribution in [0.4, 0.5) is 4.39 Å². The summed E-state index contributed by atoms with van der Waals surface area (Å²) in [6.45, 7) is 2.42. The van der Waals surface area contributed by atoms with Crippen LogP contribution in [0.2, 0.25) is 0 Å². The molecule has 3 rings (SSSR count). The maximum absolute atomic E-state index is 13.8. The summed E-state index contributed by atoms with van der Waals surface area (Å²) >= 11 is 1.17. The number of benzene rings is 1. The Balaban J connectivity index is 1.50. The molecule has 7 heteroatoms. The van der Waals surface area contributed by atoms with Crippen molar-refractivity contribution < 1.29 is 13.6 Å². The number of carbonyl (C=O) groups excluding carboxylic acids is 1. The fourth-order valence-corrected chi connectivity index (χ4v) is 3.54. The first-order valence-electron chi connectivity index (χ1n) is 8.84. The molecule has 26 heavy (non-hydrogen) atoms. The first-order chi connectivity index (χ1) is 12.6. The SMILES string of the molecule is C[C@@H](Sc1nnc(-c2ccccc2F)o1)C(=O)NCCC1=CCCCC1. The second kappa shape index (κ2) is 8.98. The zero-order chi connectivity index (χ0) is 18.4. The average Bonchev–Trinajstić information content (AvgIpc) is 3.11. The van der Waals surface area contributed by atoms with Crippen molar-refractivity contribution >= 4 is 17.7 Å². The fourth-order valence-electron chi connectivity index (χ4n) is 2.83. The number of nitrogens with one attached hydrogen (secondary N) is 1. The Bertz CT molecular complexity index is 791. The number of hydrogen-bond acceptors (Lipinski definition) is 5. The molecule has 2 aromatic rings. The highest BCUT2D eigenvalue weighted by atomic mass is 32.2. The van der Waals surface area contributed by atoms with Gasteiger partial charge in [-0.15, -0.1) is 10.2 Å². The van der Waals surface area contributed by atoms with Crippen LogP contribution in [0, 0.1) is 5.82 Å². The first kappa shape index (κ1) is 18.6. The summed E-state index contributed by atoms with van der Waals surface area (Å²) in [5, 5.41) is 10.6. The van der Waals surface area contributed by atoms with Gasteiger partial charge in [-0.3, -0.25) is 4.79 Å². The lowest BCUT2D eigenvalue weighted by Crippen LogP contribution is -2.31. The van der Waals surface area contributed by atoms with E-state index >= 15 is 0 Å².